The van der Waals surface area contributed by atoms with E-state index in [-0.39, 0.29) is 0 Å². The predicted octanol–water partition coefficient (Wildman–Crippen LogP) is 3.33. The molecule has 0 spiro atoms. The fourth-order valence-corrected chi connectivity index (χ4v) is 2.99. The van der Waals surface area contributed by atoms with Crippen LogP contribution < -0.4 is 10.1 Å². The van der Waals surface area contributed by atoms with Gasteiger partial charge in [-0.05, 0) is 36.9 Å². The number of nitrogens with one attached hydrogen (secondary N) is 1. The molecule has 1 aliphatic carbocycles. The first kappa shape index (κ1) is 12.0. The zero-order valence-electron chi connectivity index (χ0n) is 11.0. The quantitative estimate of drug-likeness (QED) is 0.803. The highest BCUT2D eigenvalue weighted by Crippen LogP contribution is 2.33. The minimum Gasteiger partial charge on any atom is -0.493 e. The highest BCUT2D eigenvalue weighted by atomic mass is 16.5. The molecule has 1 unspecified atom stereocenters. The summed E-state index contributed by atoms with van der Waals surface area (Å²) in [5, 5.41) is 3.64. The van der Waals surface area contributed by atoms with Gasteiger partial charge in [-0.2, -0.15) is 0 Å². The molecular formula is C16H23NO. The average molecular weight is 245 g/mol. The van der Waals surface area contributed by atoms with Crippen molar-refractivity contribution in [2.45, 2.75) is 38.0 Å². The van der Waals surface area contributed by atoms with Crippen molar-refractivity contribution in [1.82, 2.24) is 5.32 Å². The van der Waals surface area contributed by atoms with Gasteiger partial charge in [-0.1, -0.05) is 37.5 Å². The van der Waals surface area contributed by atoms with E-state index < -0.39 is 0 Å². The van der Waals surface area contributed by atoms with E-state index in [1.54, 1.807) is 0 Å². The summed E-state index contributed by atoms with van der Waals surface area (Å²) in [5.74, 6) is 2.74. The van der Waals surface area contributed by atoms with Gasteiger partial charge in [0.05, 0.1) is 6.61 Å². The molecule has 1 heterocycles. The summed E-state index contributed by atoms with van der Waals surface area (Å²) in [5.41, 5.74) is 1.39. The first-order valence-corrected chi connectivity index (χ1v) is 7.36. The average Bonchev–Trinajstić information content (AvgIpc) is 2.36. The Balaban J connectivity index is 1.47. The molecule has 0 radical (unpaired) electrons. The zero-order valence-corrected chi connectivity index (χ0v) is 11.0. The second kappa shape index (κ2) is 5.75. The lowest BCUT2D eigenvalue weighted by atomic mass is 9.83. The summed E-state index contributed by atoms with van der Waals surface area (Å²) in [4.78, 5) is 0. The van der Waals surface area contributed by atoms with Gasteiger partial charge in [-0.15, -0.1) is 0 Å². The van der Waals surface area contributed by atoms with E-state index in [2.05, 4.69) is 29.6 Å². The number of benzene rings is 1. The van der Waals surface area contributed by atoms with Crippen molar-refractivity contribution >= 4 is 0 Å². The molecule has 0 amide bonds. The van der Waals surface area contributed by atoms with E-state index in [4.69, 9.17) is 4.74 Å². The molecule has 1 aliphatic heterocycles. The molecule has 98 valence electrons. The van der Waals surface area contributed by atoms with Crippen molar-refractivity contribution in [3.63, 3.8) is 0 Å². The van der Waals surface area contributed by atoms with E-state index in [1.807, 2.05) is 0 Å². The van der Waals surface area contributed by atoms with Crippen LogP contribution >= 0.6 is 0 Å². The molecular weight excluding hydrogens is 222 g/mol. The smallest absolute Gasteiger partial charge is 0.122 e. The van der Waals surface area contributed by atoms with Gasteiger partial charge >= 0.3 is 0 Å². The summed E-state index contributed by atoms with van der Waals surface area (Å²) in [6.07, 6.45) is 6.89. The first-order chi connectivity index (χ1) is 8.93. The van der Waals surface area contributed by atoms with Gasteiger partial charge in [0.25, 0.3) is 0 Å². The molecule has 1 fully saturated rings. The molecule has 1 atom stereocenters. The van der Waals surface area contributed by atoms with Crippen LogP contribution in [0.2, 0.25) is 0 Å². The summed E-state index contributed by atoms with van der Waals surface area (Å²) in [7, 11) is 0. The number of para-hydroxylation sites is 1. The van der Waals surface area contributed by atoms with Gasteiger partial charge in [0.15, 0.2) is 0 Å². The van der Waals surface area contributed by atoms with Gasteiger partial charge in [0, 0.05) is 12.5 Å². The molecule has 0 saturated heterocycles. The van der Waals surface area contributed by atoms with Gasteiger partial charge in [-0.25, -0.2) is 0 Å². The molecule has 1 saturated carbocycles. The predicted molar refractivity (Wildman–Crippen MR) is 74.1 cm³/mol. The van der Waals surface area contributed by atoms with Crippen molar-refractivity contribution in [3.05, 3.63) is 29.8 Å². The maximum Gasteiger partial charge on any atom is 0.122 e. The van der Waals surface area contributed by atoms with Gasteiger partial charge < -0.3 is 10.1 Å². The Labute approximate surface area is 110 Å². The molecule has 1 N–H and O–H groups in total. The number of rotatable bonds is 5. The minimum absolute atomic E-state index is 0.636. The maximum atomic E-state index is 5.70. The molecule has 2 nitrogen and oxygen atoms in total. The number of ether oxygens (including phenoxy) is 1. The largest absolute Gasteiger partial charge is 0.493 e. The lowest BCUT2D eigenvalue weighted by molar-refractivity contribution is 0.260. The Morgan fingerprint density at radius 3 is 2.89 bits per heavy atom. The van der Waals surface area contributed by atoms with Crippen molar-refractivity contribution in [3.8, 4) is 5.75 Å². The van der Waals surface area contributed by atoms with Crippen LogP contribution in [0.25, 0.3) is 0 Å². The van der Waals surface area contributed by atoms with Crippen LogP contribution in [0.15, 0.2) is 24.3 Å². The molecule has 18 heavy (non-hydrogen) atoms. The Hall–Kier alpha value is -1.02. The Kier molecular flexibility index (Phi) is 3.84. The minimum atomic E-state index is 0.636. The highest BCUT2D eigenvalue weighted by Gasteiger charge is 2.21. The van der Waals surface area contributed by atoms with Crippen LogP contribution in [-0.4, -0.2) is 19.7 Å². The van der Waals surface area contributed by atoms with Crippen LogP contribution in [-0.2, 0) is 0 Å². The van der Waals surface area contributed by atoms with Gasteiger partial charge in [0.2, 0.25) is 0 Å². The van der Waals surface area contributed by atoms with E-state index >= 15 is 0 Å². The second-order valence-electron chi connectivity index (χ2n) is 5.66. The molecule has 2 heteroatoms. The van der Waals surface area contributed by atoms with E-state index in [0.717, 1.165) is 31.2 Å². The van der Waals surface area contributed by atoms with E-state index in [1.165, 1.54) is 37.8 Å². The summed E-state index contributed by atoms with van der Waals surface area (Å²) in [6.45, 7) is 3.16. The number of fused-ring (bicyclic) bond motifs is 1. The number of hydrogen-bond donors (Lipinski definition) is 1. The highest BCUT2D eigenvalue weighted by molar-refractivity contribution is 5.37. The molecule has 2 aliphatic rings. The van der Waals surface area contributed by atoms with Crippen LogP contribution in [0.4, 0.5) is 0 Å². The summed E-state index contributed by atoms with van der Waals surface area (Å²) in [6, 6.07) is 8.49. The first-order valence-electron chi connectivity index (χ1n) is 7.36. The lowest BCUT2D eigenvalue weighted by Gasteiger charge is -2.28. The fourth-order valence-electron chi connectivity index (χ4n) is 2.99. The maximum absolute atomic E-state index is 5.70. The third-order valence-corrected chi connectivity index (χ3v) is 4.43. The topological polar surface area (TPSA) is 21.3 Å². The van der Waals surface area contributed by atoms with Crippen molar-refractivity contribution < 1.29 is 4.74 Å². The van der Waals surface area contributed by atoms with Crippen LogP contribution in [0.5, 0.6) is 5.75 Å². The van der Waals surface area contributed by atoms with Crippen molar-refractivity contribution in [1.29, 1.82) is 0 Å². The zero-order chi connectivity index (χ0) is 12.2. The Morgan fingerprint density at radius 1 is 1.17 bits per heavy atom. The standard InChI is InChI=1S/C16H23NO/c1-2-7-16-15(6-1)14(9-11-18-16)12-17-10-8-13-4-3-5-13/h1-2,6-7,13-14,17H,3-5,8-12H2. The molecule has 1 aromatic rings. The summed E-state index contributed by atoms with van der Waals surface area (Å²) < 4.78 is 5.70. The van der Waals surface area contributed by atoms with Crippen LogP contribution in [0.1, 0.15) is 43.6 Å². The second-order valence-corrected chi connectivity index (χ2v) is 5.66. The monoisotopic (exact) mass is 245 g/mol. The lowest BCUT2D eigenvalue weighted by Crippen LogP contribution is -2.28. The van der Waals surface area contributed by atoms with Gasteiger partial charge in [-0.3, -0.25) is 0 Å². The molecule has 0 aromatic heterocycles. The van der Waals surface area contributed by atoms with E-state index in [9.17, 15) is 0 Å². The van der Waals surface area contributed by atoms with Crippen LogP contribution in [0, 0.1) is 5.92 Å². The summed E-state index contributed by atoms with van der Waals surface area (Å²) >= 11 is 0. The normalized spacial score (nSPS) is 23.0. The van der Waals surface area contributed by atoms with Crippen molar-refractivity contribution in [2.24, 2.45) is 5.92 Å². The fraction of sp³-hybridized carbons (Fsp3) is 0.625. The van der Waals surface area contributed by atoms with E-state index in [0.29, 0.717) is 5.92 Å². The van der Waals surface area contributed by atoms with Crippen LogP contribution in [0.3, 0.4) is 0 Å². The molecule has 0 bridgehead atoms. The SMILES string of the molecule is c1ccc2c(c1)OCCC2CNCCC1CCC1. The molecule has 3 rings (SSSR count). The van der Waals surface area contributed by atoms with Gasteiger partial charge in [0.1, 0.15) is 5.75 Å². The van der Waals surface area contributed by atoms with Crippen molar-refractivity contribution in [2.75, 3.05) is 19.7 Å². The Morgan fingerprint density at radius 2 is 2.06 bits per heavy atom. The third-order valence-electron chi connectivity index (χ3n) is 4.43. The third kappa shape index (κ3) is 2.69. The number of hydrogen-bond acceptors (Lipinski definition) is 2. The molecule has 1 aromatic carbocycles. The Bertz CT molecular complexity index is 386.